The second-order valence-electron chi connectivity index (χ2n) is 9.13. The molecule has 5 N–H and O–H groups in total. The average Bonchev–Trinajstić information content (AvgIpc) is 2.92. The quantitative estimate of drug-likeness (QED) is 0.113. The predicted molar refractivity (Wildman–Crippen MR) is 152 cm³/mol. The van der Waals surface area contributed by atoms with Crippen LogP contribution in [0.15, 0.2) is 102 Å². The van der Waals surface area contributed by atoms with Crippen LogP contribution in [0.1, 0.15) is 16.7 Å². The molecule has 4 aromatic rings. The molecule has 0 heterocycles. The number of nitrogens with one attached hydrogen (secondary N) is 3. The molecule has 0 aliphatic carbocycles. The molecule has 0 atom stereocenters. The molecular formula is C29H26F3N5O3S. The summed E-state index contributed by atoms with van der Waals surface area (Å²) in [6.07, 6.45) is -3.62. The van der Waals surface area contributed by atoms with Gasteiger partial charge in [0.15, 0.2) is 9.84 Å². The molecule has 0 bridgehead atoms. The fourth-order valence-electron chi connectivity index (χ4n) is 4.13. The second kappa shape index (κ2) is 11.7. The van der Waals surface area contributed by atoms with Gasteiger partial charge in [-0.1, -0.05) is 66.7 Å². The zero-order chi connectivity index (χ0) is 29.8. The van der Waals surface area contributed by atoms with E-state index in [1.165, 1.54) is 36.4 Å². The van der Waals surface area contributed by atoms with Crippen molar-refractivity contribution in [3.8, 4) is 11.1 Å². The number of halogens is 3. The standard InChI is InChI=1S/C29H26F3N5O3S/c1-41(39,40)26-17-22(14-15-24(26)19-8-3-2-4-9-19)35-28(38)37(36-23-12-7-11-20(16-23)27(33)34)18-21-10-5-6-13-25(21)29(30,31)32/h2-17,36H,18H2,1H3,(H3,33,34)(H,35,38). The fraction of sp³-hybridized carbons (Fsp3) is 0.103. The van der Waals surface area contributed by atoms with E-state index in [4.69, 9.17) is 11.1 Å². The smallest absolute Gasteiger partial charge is 0.384 e. The van der Waals surface area contributed by atoms with E-state index in [0.29, 0.717) is 16.7 Å². The number of nitrogens with two attached hydrogens (primary N) is 1. The molecule has 0 aliphatic heterocycles. The number of hydrogen-bond acceptors (Lipinski definition) is 5. The first-order valence-electron chi connectivity index (χ1n) is 12.2. The van der Waals surface area contributed by atoms with Crippen LogP contribution in [0.25, 0.3) is 11.1 Å². The Labute approximate surface area is 235 Å². The highest BCUT2D eigenvalue weighted by Gasteiger charge is 2.34. The zero-order valence-electron chi connectivity index (χ0n) is 21.7. The Bertz CT molecular complexity index is 1690. The predicted octanol–water partition coefficient (Wildman–Crippen LogP) is 6.12. The molecular weight excluding hydrogens is 555 g/mol. The van der Waals surface area contributed by atoms with E-state index in [9.17, 15) is 26.4 Å². The molecule has 4 rings (SSSR count). The minimum atomic E-state index is -4.66. The van der Waals surface area contributed by atoms with Crippen molar-refractivity contribution >= 4 is 33.1 Å². The Kier molecular flexibility index (Phi) is 8.33. The summed E-state index contributed by atoms with van der Waals surface area (Å²) in [4.78, 5) is 13.4. The number of sulfone groups is 1. The van der Waals surface area contributed by atoms with E-state index in [-0.39, 0.29) is 27.7 Å². The van der Waals surface area contributed by atoms with Crippen LogP contribution in [0.2, 0.25) is 0 Å². The highest BCUT2D eigenvalue weighted by Crippen LogP contribution is 2.33. The Morgan fingerprint density at radius 2 is 1.59 bits per heavy atom. The van der Waals surface area contributed by atoms with Crippen molar-refractivity contribution in [2.45, 2.75) is 17.6 Å². The number of amidine groups is 1. The number of carbonyl (C=O) groups excluding carboxylic acids is 1. The molecule has 0 aliphatic rings. The zero-order valence-corrected chi connectivity index (χ0v) is 22.6. The molecule has 0 saturated heterocycles. The van der Waals surface area contributed by atoms with Gasteiger partial charge in [-0.15, -0.1) is 0 Å². The van der Waals surface area contributed by atoms with Gasteiger partial charge in [0.05, 0.1) is 22.7 Å². The third kappa shape index (κ3) is 7.22. The number of benzene rings is 4. The Morgan fingerprint density at radius 1 is 0.902 bits per heavy atom. The van der Waals surface area contributed by atoms with E-state index in [1.54, 1.807) is 54.6 Å². The Balaban J connectivity index is 1.71. The lowest BCUT2D eigenvalue weighted by atomic mass is 10.1. The number of hydrogen-bond donors (Lipinski definition) is 4. The van der Waals surface area contributed by atoms with Gasteiger partial charge in [-0.2, -0.15) is 13.2 Å². The van der Waals surface area contributed by atoms with Gasteiger partial charge in [0.2, 0.25) is 0 Å². The summed E-state index contributed by atoms with van der Waals surface area (Å²) in [5.41, 5.74) is 9.07. The van der Waals surface area contributed by atoms with Crippen molar-refractivity contribution < 1.29 is 26.4 Å². The van der Waals surface area contributed by atoms with Crippen molar-refractivity contribution in [1.82, 2.24) is 5.01 Å². The minimum Gasteiger partial charge on any atom is -0.384 e. The summed E-state index contributed by atoms with van der Waals surface area (Å²) in [7, 11) is -3.73. The van der Waals surface area contributed by atoms with Crippen LogP contribution in [0.4, 0.5) is 29.3 Å². The van der Waals surface area contributed by atoms with E-state index >= 15 is 0 Å². The van der Waals surface area contributed by atoms with Crippen LogP contribution in [0.5, 0.6) is 0 Å². The monoisotopic (exact) mass is 581 g/mol. The Morgan fingerprint density at radius 3 is 2.24 bits per heavy atom. The molecule has 4 aromatic carbocycles. The number of hydrazine groups is 1. The Hall–Kier alpha value is -4.84. The molecule has 0 aromatic heterocycles. The summed E-state index contributed by atoms with van der Waals surface area (Å²) in [6, 6.07) is 23.3. The van der Waals surface area contributed by atoms with Crippen molar-refractivity contribution in [3.05, 3.63) is 114 Å². The van der Waals surface area contributed by atoms with E-state index in [1.807, 2.05) is 0 Å². The average molecular weight is 582 g/mol. The number of amides is 2. The summed E-state index contributed by atoms with van der Waals surface area (Å²) in [6.45, 7) is -0.507. The van der Waals surface area contributed by atoms with E-state index < -0.39 is 34.2 Å². The number of urea groups is 1. The molecule has 0 fully saturated rings. The van der Waals surface area contributed by atoms with Gasteiger partial charge < -0.3 is 11.1 Å². The largest absolute Gasteiger partial charge is 0.416 e. The van der Waals surface area contributed by atoms with Crippen molar-refractivity contribution in [2.75, 3.05) is 17.0 Å². The van der Waals surface area contributed by atoms with Gasteiger partial charge in [0, 0.05) is 23.1 Å². The van der Waals surface area contributed by atoms with Gasteiger partial charge in [0.1, 0.15) is 5.84 Å². The van der Waals surface area contributed by atoms with Gasteiger partial charge >= 0.3 is 12.2 Å². The summed E-state index contributed by atoms with van der Waals surface area (Å²) in [5.74, 6) is -0.237. The molecule has 8 nitrogen and oxygen atoms in total. The van der Waals surface area contributed by atoms with Crippen LogP contribution in [-0.4, -0.2) is 31.5 Å². The fourth-order valence-corrected chi connectivity index (χ4v) is 5.06. The minimum absolute atomic E-state index is 0.0300. The van der Waals surface area contributed by atoms with Crippen LogP contribution >= 0.6 is 0 Å². The SMILES string of the molecule is CS(=O)(=O)c1cc(NC(=O)N(Cc2ccccc2C(F)(F)F)Nc2cccc(C(=N)N)c2)ccc1-c1ccccc1. The van der Waals surface area contributed by atoms with Crippen LogP contribution in [0.3, 0.4) is 0 Å². The number of alkyl halides is 3. The summed E-state index contributed by atoms with van der Waals surface area (Å²) < 4.78 is 66.4. The molecule has 0 unspecified atom stereocenters. The lowest BCUT2D eigenvalue weighted by molar-refractivity contribution is -0.138. The van der Waals surface area contributed by atoms with Gasteiger partial charge in [0.25, 0.3) is 0 Å². The maximum atomic E-state index is 13.7. The van der Waals surface area contributed by atoms with Crippen molar-refractivity contribution in [2.24, 2.45) is 5.73 Å². The number of nitrogens with zero attached hydrogens (tertiary/aromatic N) is 1. The third-order valence-electron chi connectivity index (χ3n) is 6.05. The summed E-state index contributed by atoms with van der Waals surface area (Å²) in [5, 5.41) is 11.2. The molecule has 12 heteroatoms. The van der Waals surface area contributed by atoms with Crippen LogP contribution < -0.4 is 16.5 Å². The number of rotatable bonds is 8. The van der Waals surface area contributed by atoms with Gasteiger partial charge in [-0.05, 0) is 41.5 Å². The van der Waals surface area contributed by atoms with Crippen molar-refractivity contribution in [1.29, 1.82) is 5.41 Å². The molecule has 212 valence electrons. The molecule has 41 heavy (non-hydrogen) atoms. The molecule has 2 amide bonds. The van der Waals surface area contributed by atoms with Crippen molar-refractivity contribution in [3.63, 3.8) is 0 Å². The lowest BCUT2D eigenvalue weighted by Gasteiger charge is -2.26. The first-order valence-corrected chi connectivity index (χ1v) is 14.1. The number of carbonyl (C=O) groups is 1. The third-order valence-corrected chi connectivity index (χ3v) is 7.19. The lowest BCUT2D eigenvalue weighted by Crippen LogP contribution is -2.39. The first-order chi connectivity index (χ1) is 19.3. The normalized spacial score (nSPS) is 11.5. The van der Waals surface area contributed by atoms with E-state index in [2.05, 4.69) is 10.7 Å². The number of nitrogen functional groups attached to an aromatic ring is 1. The van der Waals surface area contributed by atoms with Crippen LogP contribution in [0, 0.1) is 5.41 Å². The molecule has 0 radical (unpaired) electrons. The van der Waals surface area contributed by atoms with E-state index in [0.717, 1.165) is 17.3 Å². The number of anilines is 2. The maximum absolute atomic E-state index is 13.7. The maximum Gasteiger partial charge on any atom is 0.416 e. The van der Waals surface area contributed by atoms with Gasteiger partial charge in [-0.3, -0.25) is 10.8 Å². The highest BCUT2D eigenvalue weighted by atomic mass is 32.2. The van der Waals surface area contributed by atoms with Crippen LogP contribution in [-0.2, 0) is 22.6 Å². The molecule has 0 spiro atoms. The topological polar surface area (TPSA) is 128 Å². The summed E-state index contributed by atoms with van der Waals surface area (Å²) >= 11 is 0. The molecule has 0 saturated carbocycles. The highest BCUT2D eigenvalue weighted by molar-refractivity contribution is 7.90. The van der Waals surface area contributed by atoms with Gasteiger partial charge in [-0.25, -0.2) is 18.2 Å². The second-order valence-corrected chi connectivity index (χ2v) is 11.1. The first kappa shape index (κ1) is 29.2.